The second-order valence-electron chi connectivity index (χ2n) is 10.0. The first-order valence-corrected chi connectivity index (χ1v) is 11.7. The Hall–Kier alpha value is -3.13. The van der Waals surface area contributed by atoms with Crippen molar-refractivity contribution >= 4 is 28.2 Å². The lowest BCUT2D eigenvalue weighted by atomic mass is 9.84. The largest absolute Gasteiger partial charge is 0.618 e. The zero-order valence-corrected chi connectivity index (χ0v) is 19.4. The van der Waals surface area contributed by atoms with Crippen LogP contribution in [-0.4, -0.2) is 40.5 Å². The van der Waals surface area contributed by atoms with Gasteiger partial charge in [0.2, 0.25) is 0 Å². The predicted molar refractivity (Wildman–Crippen MR) is 128 cm³/mol. The monoisotopic (exact) mass is 449 g/mol. The molecule has 0 atom stereocenters. The molecule has 0 aliphatic heterocycles. The number of nitrogens with one attached hydrogen (secondary N) is 1. The van der Waals surface area contributed by atoms with Crippen LogP contribution in [0, 0.1) is 5.21 Å². The number of nitrogens with zero attached hydrogens (tertiary/aromatic N) is 4. The van der Waals surface area contributed by atoms with Crippen molar-refractivity contribution < 1.29 is 14.6 Å². The van der Waals surface area contributed by atoms with Crippen molar-refractivity contribution in [3.8, 4) is 0 Å². The van der Waals surface area contributed by atoms with Crippen molar-refractivity contribution in [3.63, 3.8) is 0 Å². The Morgan fingerprint density at radius 3 is 2.64 bits per heavy atom. The van der Waals surface area contributed by atoms with Crippen LogP contribution in [0.4, 0.5) is 11.4 Å². The van der Waals surface area contributed by atoms with Crippen LogP contribution in [0.5, 0.6) is 0 Å². The van der Waals surface area contributed by atoms with E-state index in [2.05, 4.69) is 5.32 Å². The number of aliphatic hydroxyl groups is 1. The van der Waals surface area contributed by atoms with Gasteiger partial charge in [0.05, 0.1) is 28.5 Å². The van der Waals surface area contributed by atoms with Crippen LogP contribution in [0.3, 0.4) is 0 Å². The maximum absolute atomic E-state index is 13.1. The summed E-state index contributed by atoms with van der Waals surface area (Å²) in [5, 5.41) is 31.7. The van der Waals surface area contributed by atoms with E-state index in [1.165, 1.54) is 0 Å². The Balaban J connectivity index is 1.44. The molecule has 2 aliphatic rings. The summed E-state index contributed by atoms with van der Waals surface area (Å²) in [5.74, 6) is -0.157. The quantitative estimate of drug-likeness (QED) is 0.457. The van der Waals surface area contributed by atoms with Gasteiger partial charge in [0, 0.05) is 43.7 Å². The number of fused-ring (bicyclic) bond motifs is 1. The highest BCUT2D eigenvalue weighted by molar-refractivity contribution is 6.05. The van der Waals surface area contributed by atoms with Crippen LogP contribution >= 0.6 is 0 Å². The number of amides is 1. The molecule has 2 fully saturated rings. The number of hydrogen-bond donors (Lipinski definition) is 2. The lowest BCUT2D eigenvalue weighted by molar-refractivity contribution is -0.616. The van der Waals surface area contributed by atoms with Crippen molar-refractivity contribution in [2.75, 3.05) is 24.3 Å². The molecule has 0 bridgehead atoms. The minimum atomic E-state index is -0.589. The topological polar surface area (TPSA) is 97.3 Å². The van der Waals surface area contributed by atoms with Gasteiger partial charge in [0.1, 0.15) is 0 Å². The van der Waals surface area contributed by atoms with E-state index in [1.807, 2.05) is 48.9 Å². The first-order valence-electron chi connectivity index (χ1n) is 11.7. The van der Waals surface area contributed by atoms with E-state index < -0.39 is 11.5 Å². The van der Waals surface area contributed by atoms with Crippen LogP contribution in [0.2, 0.25) is 0 Å². The number of carbonyl (C=O) groups excluding carboxylic acids is 1. The van der Waals surface area contributed by atoms with Gasteiger partial charge in [0.15, 0.2) is 5.69 Å². The summed E-state index contributed by atoms with van der Waals surface area (Å²) in [7, 11) is 3.83. The summed E-state index contributed by atoms with van der Waals surface area (Å²) in [6.45, 7) is 1.90. The molecule has 2 saturated carbocycles. The van der Waals surface area contributed by atoms with Gasteiger partial charge in [-0.25, -0.2) is 0 Å². The zero-order valence-electron chi connectivity index (χ0n) is 19.4. The maximum atomic E-state index is 13.1. The molecule has 8 heteroatoms. The fourth-order valence-electron chi connectivity index (χ4n) is 4.77. The molecule has 1 aromatic carbocycles. The van der Waals surface area contributed by atoms with E-state index in [4.69, 9.17) is 5.10 Å². The van der Waals surface area contributed by atoms with Crippen LogP contribution in [-0.2, 0) is 0 Å². The molecule has 3 aromatic rings. The van der Waals surface area contributed by atoms with Gasteiger partial charge in [-0.05, 0) is 63.6 Å². The lowest BCUT2D eigenvalue weighted by Crippen LogP contribution is -2.40. The van der Waals surface area contributed by atoms with E-state index in [-0.39, 0.29) is 17.7 Å². The molecule has 1 amide bonds. The third-order valence-electron chi connectivity index (χ3n) is 6.98. The van der Waals surface area contributed by atoms with Gasteiger partial charge in [-0.15, -0.1) is 0 Å². The molecule has 0 radical (unpaired) electrons. The number of carbonyl (C=O) groups is 1. The predicted octanol–water partition coefficient (Wildman–Crippen LogP) is 3.73. The number of rotatable bonds is 5. The van der Waals surface area contributed by atoms with Gasteiger partial charge in [-0.2, -0.15) is 9.83 Å². The van der Waals surface area contributed by atoms with Crippen molar-refractivity contribution in [2.24, 2.45) is 0 Å². The molecule has 0 saturated heterocycles. The number of aromatic nitrogens is 3. The molecule has 2 heterocycles. The fraction of sp³-hybridized carbons (Fsp3) is 0.480. The number of pyridine rings is 1. The normalized spacial score (nSPS) is 23.0. The summed E-state index contributed by atoms with van der Waals surface area (Å²) < 4.78 is 2.77. The first-order chi connectivity index (χ1) is 15.7. The Morgan fingerprint density at radius 2 is 1.97 bits per heavy atom. The van der Waals surface area contributed by atoms with Gasteiger partial charge in [-0.1, -0.05) is 0 Å². The highest BCUT2D eigenvalue weighted by Crippen LogP contribution is 2.38. The Morgan fingerprint density at radius 1 is 1.24 bits per heavy atom. The average molecular weight is 450 g/mol. The molecular weight excluding hydrogens is 418 g/mol. The summed E-state index contributed by atoms with van der Waals surface area (Å²) in [6.07, 6.45) is 7.28. The molecule has 2 aromatic heterocycles. The fourth-order valence-corrected chi connectivity index (χ4v) is 4.77. The molecule has 8 nitrogen and oxygen atoms in total. The molecule has 33 heavy (non-hydrogen) atoms. The number of hydrogen-bond acceptors (Lipinski definition) is 5. The molecule has 5 rings (SSSR count). The Kier molecular flexibility index (Phi) is 5.28. The molecule has 174 valence electrons. The summed E-state index contributed by atoms with van der Waals surface area (Å²) >= 11 is 0. The van der Waals surface area contributed by atoms with E-state index >= 15 is 0 Å². The van der Waals surface area contributed by atoms with Crippen LogP contribution in [0.25, 0.3) is 10.9 Å². The van der Waals surface area contributed by atoms with Gasteiger partial charge in [-0.3, -0.25) is 9.48 Å². The third kappa shape index (κ3) is 4.27. The highest BCUT2D eigenvalue weighted by atomic mass is 16.5. The van der Waals surface area contributed by atoms with Gasteiger partial charge < -0.3 is 20.5 Å². The molecule has 0 spiro atoms. The summed E-state index contributed by atoms with van der Waals surface area (Å²) in [4.78, 5) is 15.0. The smallest absolute Gasteiger partial charge is 0.321 e. The lowest BCUT2D eigenvalue weighted by Gasteiger charge is -2.33. The molecular formula is C25H31N5O3. The van der Waals surface area contributed by atoms with Crippen LogP contribution < -0.4 is 14.9 Å². The van der Waals surface area contributed by atoms with E-state index in [0.717, 1.165) is 59.8 Å². The second kappa shape index (κ2) is 8.02. The maximum Gasteiger partial charge on any atom is 0.321 e. The summed E-state index contributed by atoms with van der Waals surface area (Å²) in [6, 6.07) is 9.29. The second-order valence-corrected chi connectivity index (χ2v) is 10.0. The minimum absolute atomic E-state index is 0.106. The van der Waals surface area contributed by atoms with Crippen molar-refractivity contribution in [2.45, 2.75) is 63.0 Å². The standard InChI is InChI=1S/C25H31N5O3/c1-25(32)11-9-18(10-12-25)29-15-17-13-20(23(28(2)3)14-19(17)27-29)26-24(31)22-6-4-5-21(30(22)33)16-7-8-16/h4-6,13-16,18,32H,7-12H2,1-3H3,(H,26,31). The Bertz CT molecular complexity index is 1200. The van der Waals surface area contributed by atoms with Crippen LogP contribution in [0.15, 0.2) is 36.5 Å². The van der Waals surface area contributed by atoms with Gasteiger partial charge in [0.25, 0.3) is 5.69 Å². The van der Waals surface area contributed by atoms with Gasteiger partial charge >= 0.3 is 5.91 Å². The molecule has 2 N–H and O–H groups in total. The van der Waals surface area contributed by atoms with E-state index in [9.17, 15) is 15.1 Å². The SMILES string of the molecule is CN(C)c1cc2nn(C3CCC(C)(O)CC3)cc2cc1NC(=O)c1cccc(C2CC2)[n+]1[O-]. The van der Waals surface area contributed by atoms with Crippen molar-refractivity contribution in [1.29, 1.82) is 0 Å². The first kappa shape index (κ1) is 21.7. The molecule has 0 unspecified atom stereocenters. The highest BCUT2D eigenvalue weighted by Gasteiger charge is 2.33. The number of benzene rings is 1. The third-order valence-corrected chi connectivity index (χ3v) is 6.98. The van der Waals surface area contributed by atoms with E-state index in [0.29, 0.717) is 11.4 Å². The van der Waals surface area contributed by atoms with E-state index in [1.54, 1.807) is 18.2 Å². The zero-order chi connectivity index (χ0) is 23.3. The summed E-state index contributed by atoms with van der Waals surface area (Å²) in [5.41, 5.74) is 2.49. The molecule has 2 aliphatic carbocycles. The van der Waals surface area contributed by atoms with Crippen molar-refractivity contribution in [3.05, 3.63) is 53.1 Å². The Labute approximate surface area is 193 Å². The number of anilines is 2. The minimum Gasteiger partial charge on any atom is -0.618 e. The van der Waals surface area contributed by atoms with Crippen LogP contribution in [0.1, 0.15) is 73.6 Å². The van der Waals surface area contributed by atoms with Crippen molar-refractivity contribution in [1.82, 2.24) is 9.78 Å². The average Bonchev–Trinajstić information content (AvgIpc) is 3.52.